The van der Waals surface area contributed by atoms with Crippen molar-refractivity contribution in [3.8, 4) is 0 Å². The van der Waals surface area contributed by atoms with Crippen molar-refractivity contribution in [2.75, 3.05) is 11.9 Å². The lowest BCUT2D eigenvalue weighted by atomic mass is 9.89. The van der Waals surface area contributed by atoms with Crippen LogP contribution in [-0.2, 0) is 0 Å². The summed E-state index contributed by atoms with van der Waals surface area (Å²) in [6.07, 6.45) is 1.26. The van der Waals surface area contributed by atoms with E-state index in [1.807, 2.05) is 31.2 Å². The van der Waals surface area contributed by atoms with Crippen LogP contribution in [0.4, 0.5) is 11.4 Å². The van der Waals surface area contributed by atoms with Gasteiger partial charge in [0, 0.05) is 6.04 Å². The molecule has 0 aromatic heterocycles. The minimum atomic E-state index is -0.203. The van der Waals surface area contributed by atoms with Crippen LogP contribution < -0.4 is 11.1 Å². The highest BCUT2D eigenvalue weighted by molar-refractivity contribution is 6.46. The van der Waals surface area contributed by atoms with E-state index in [2.05, 4.69) is 15.3 Å². The van der Waals surface area contributed by atoms with Gasteiger partial charge in [-0.15, -0.1) is 0 Å². The van der Waals surface area contributed by atoms with Crippen molar-refractivity contribution in [1.82, 2.24) is 0 Å². The lowest BCUT2D eigenvalue weighted by Crippen LogP contribution is -2.41. The van der Waals surface area contributed by atoms with Gasteiger partial charge < -0.3 is 16.2 Å². The van der Waals surface area contributed by atoms with Crippen LogP contribution in [0, 0.1) is 0 Å². The number of fused-ring (bicyclic) bond motifs is 1. The third kappa shape index (κ3) is 2.59. The van der Waals surface area contributed by atoms with Crippen LogP contribution in [0.1, 0.15) is 19.8 Å². The van der Waals surface area contributed by atoms with Gasteiger partial charge in [0.05, 0.1) is 41.5 Å². The maximum Gasteiger partial charge on any atom is 0.0865 e. The molecule has 1 aromatic rings. The van der Waals surface area contributed by atoms with Crippen LogP contribution in [0.3, 0.4) is 0 Å². The predicted octanol–water partition coefficient (Wildman–Crippen LogP) is 1.50. The van der Waals surface area contributed by atoms with E-state index in [0.717, 1.165) is 35.6 Å². The zero-order valence-corrected chi connectivity index (χ0v) is 11.6. The van der Waals surface area contributed by atoms with E-state index in [0.29, 0.717) is 6.54 Å². The maximum atomic E-state index is 9.37. The highest BCUT2D eigenvalue weighted by Crippen LogP contribution is 2.28. The fourth-order valence-corrected chi connectivity index (χ4v) is 2.55. The molecule has 0 radical (unpaired) electrons. The molecule has 1 saturated carbocycles. The zero-order valence-electron chi connectivity index (χ0n) is 11.6. The van der Waals surface area contributed by atoms with E-state index < -0.39 is 0 Å². The van der Waals surface area contributed by atoms with E-state index in [9.17, 15) is 5.11 Å². The van der Waals surface area contributed by atoms with Gasteiger partial charge in [-0.25, -0.2) is 4.99 Å². The van der Waals surface area contributed by atoms with Gasteiger partial charge in [0.25, 0.3) is 0 Å². The molecule has 4 N–H and O–H groups in total. The first-order chi connectivity index (χ1) is 9.63. The van der Waals surface area contributed by atoms with Gasteiger partial charge in [0.15, 0.2) is 0 Å². The van der Waals surface area contributed by atoms with Gasteiger partial charge >= 0.3 is 0 Å². The molecule has 1 fully saturated rings. The van der Waals surface area contributed by atoms with Crippen molar-refractivity contribution >= 4 is 22.8 Å². The van der Waals surface area contributed by atoms with E-state index in [4.69, 9.17) is 5.73 Å². The van der Waals surface area contributed by atoms with Gasteiger partial charge in [-0.1, -0.05) is 12.1 Å². The fourth-order valence-electron chi connectivity index (χ4n) is 2.55. The third-order valence-corrected chi connectivity index (χ3v) is 3.74. The van der Waals surface area contributed by atoms with Gasteiger partial charge in [-0.2, -0.15) is 0 Å². The summed E-state index contributed by atoms with van der Waals surface area (Å²) in [6.45, 7) is 2.57. The summed E-state index contributed by atoms with van der Waals surface area (Å²) in [6, 6.07) is 7.98. The Morgan fingerprint density at radius 3 is 2.90 bits per heavy atom. The molecule has 106 valence electrons. The normalized spacial score (nSPS) is 26.9. The number of hydrogen-bond donors (Lipinski definition) is 3. The van der Waals surface area contributed by atoms with Crippen LogP contribution in [0.15, 0.2) is 34.3 Å². The maximum absolute atomic E-state index is 9.37. The molecule has 5 heteroatoms. The van der Waals surface area contributed by atoms with Crippen molar-refractivity contribution in [3.63, 3.8) is 0 Å². The van der Waals surface area contributed by atoms with E-state index >= 15 is 0 Å². The second-order valence-corrected chi connectivity index (χ2v) is 5.51. The Morgan fingerprint density at radius 1 is 1.45 bits per heavy atom. The van der Waals surface area contributed by atoms with E-state index in [1.165, 1.54) is 0 Å². The molecule has 0 saturated heterocycles. The highest BCUT2D eigenvalue weighted by Gasteiger charge is 2.28. The third-order valence-electron chi connectivity index (χ3n) is 3.74. The van der Waals surface area contributed by atoms with Crippen LogP contribution >= 0.6 is 0 Å². The number of nitrogens with zero attached hydrogens (tertiary/aromatic N) is 2. The molecule has 1 heterocycles. The van der Waals surface area contributed by atoms with Crippen molar-refractivity contribution in [3.05, 3.63) is 24.3 Å². The van der Waals surface area contributed by atoms with Crippen molar-refractivity contribution in [2.45, 2.75) is 38.0 Å². The molecule has 5 nitrogen and oxygen atoms in total. The Morgan fingerprint density at radius 2 is 2.20 bits per heavy atom. The molecule has 1 unspecified atom stereocenters. The number of para-hydroxylation sites is 2. The lowest BCUT2D eigenvalue weighted by molar-refractivity contribution is 0.0778. The number of aliphatic imine (C=N–C) groups is 2. The molecule has 1 aliphatic heterocycles. The van der Waals surface area contributed by atoms with Crippen molar-refractivity contribution < 1.29 is 5.11 Å². The summed E-state index contributed by atoms with van der Waals surface area (Å²) >= 11 is 0. The molecule has 0 bridgehead atoms. The van der Waals surface area contributed by atoms with Crippen LogP contribution in [0.5, 0.6) is 0 Å². The highest BCUT2D eigenvalue weighted by atomic mass is 16.3. The Labute approximate surface area is 118 Å². The second kappa shape index (κ2) is 5.34. The molecule has 20 heavy (non-hydrogen) atoms. The first-order valence-electron chi connectivity index (χ1n) is 7.05. The lowest BCUT2D eigenvalue weighted by Gasteiger charge is -2.30. The van der Waals surface area contributed by atoms with Crippen molar-refractivity contribution in [2.24, 2.45) is 15.7 Å². The zero-order chi connectivity index (χ0) is 14.1. The Kier molecular flexibility index (Phi) is 3.54. The molecule has 0 spiro atoms. The standard InChI is InChI=1S/C15H20N4O/c1-9(16)15(18-10-6-11(20)7-10)14-8-17-12-4-2-3-5-13(12)19-14/h2-5,9-11,17,20H,6-8,16H2,1H3/b18-15-. The fraction of sp³-hybridized carbons (Fsp3) is 0.467. The molecule has 2 aliphatic rings. The Balaban J connectivity index is 1.88. The van der Waals surface area contributed by atoms with Crippen LogP contribution in [-0.4, -0.2) is 41.3 Å². The SMILES string of the molecule is CC(N)/C(=N/C1CC(O)C1)C1=Nc2ccccc2NC1. The summed E-state index contributed by atoms with van der Waals surface area (Å²) in [5.74, 6) is 0. The average molecular weight is 272 g/mol. The molecule has 1 aromatic carbocycles. The number of benzene rings is 1. The van der Waals surface area contributed by atoms with Gasteiger partial charge in [-0.05, 0) is 31.9 Å². The first kappa shape index (κ1) is 13.3. The van der Waals surface area contributed by atoms with Gasteiger partial charge in [0.1, 0.15) is 0 Å². The second-order valence-electron chi connectivity index (χ2n) is 5.51. The molecule has 1 aliphatic carbocycles. The predicted molar refractivity (Wildman–Crippen MR) is 82.1 cm³/mol. The molecular formula is C15H20N4O. The summed E-state index contributed by atoms with van der Waals surface area (Å²) in [4.78, 5) is 9.37. The minimum absolute atomic E-state index is 0.154. The topological polar surface area (TPSA) is 83.0 Å². The summed E-state index contributed by atoms with van der Waals surface area (Å²) in [5.41, 5.74) is 9.77. The largest absolute Gasteiger partial charge is 0.393 e. The van der Waals surface area contributed by atoms with E-state index in [1.54, 1.807) is 0 Å². The number of rotatable bonds is 3. The smallest absolute Gasteiger partial charge is 0.0865 e. The molecule has 3 rings (SSSR count). The molecule has 0 amide bonds. The minimum Gasteiger partial charge on any atom is -0.393 e. The summed E-state index contributed by atoms with van der Waals surface area (Å²) < 4.78 is 0. The summed E-state index contributed by atoms with van der Waals surface area (Å²) in [7, 11) is 0. The molecule has 1 atom stereocenters. The number of aliphatic hydroxyl groups is 1. The quantitative estimate of drug-likeness (QED) is 0.729. The Hall–Kier alpha value is -1.72. The average Bonchev–Trinajstić information content (AvgIpc) is 2.41. The van der Waals surface area contributed by atoms with Gasteiger partial charge in [0.2, 0.25) is 0 Å². The van der Waals surface area contributed by atoms with Crippen LogP contribution in [0.25, 0.3) is 0 Å². The van der Waals surface area contributed by atoms with E-state index in [-0.39, 0.29) is 18.2 Å². The first-order valence-corrected chi connectivity index (χ1v) is 7.05. The van der Waals surface area contributed by atoms with Crippen molar-refractivity contribution in [1.29, 1.82) is 0 Å². The number of nitrogens with two attached hydrogens (primary N) is 1. The summed E-state index contributed by atoms with van der Waals surface area (Å²) in [5, 5.41) is 12.7. The van der Waals surface area contributed by atoms with Crippen LogP contribution in [0.2, 0.25) is 0 Å². The number of nitrogens with one attached hydrogen (secondary N) is 1. The number of aliphatic hydroxyl groups excluding tert-OH is 1. The monoisotopic (exact) mass is 272 g/mol. The van der Waals surface area contributed by atoms with Gasteiger partial charge in [-0.3, -0.25) is 4.99 Å². The Bertz CT molecular complexity index is 559. The molecular weight excluding hydrogens is 252 g/mol. The number of hydrogen-bond acceptors (Lipinski definition) is 5. The number of anilines is 1.